The first-order chi connectivity index (χ1) is 12.8. The number of aryl methyl sites for hydroxylation is 1. The smallest absolute Gasteiger partial charge is 0.0702 e. The van der Waals surface area contributed by atoms with Crippen LogP contribution >= 0.6 is 0 Å². The number of hydrogen-bond acceptors (Lipinski definition) is 4. The van der Waals surface area contributed by atoms with E-state index in [9.17, 15) is 0 Å². The molecule has 2 aliphatic heterocycles. The number of nitrogens with zero attached hydrogens (tertiary/aromatic N) is 4. The molecule has 26 heavy (non-hydrogen) atoms. The van der Waals surface area contributed by atoms with Crippen LogP contribution in [0.25, 0.3) is 0 Å². The van der Waals surface area contributed by atoms with Gasteiger partial charge in [-0.2, -0.15) is 5.10 Å². The Labute approximate surface area is 158 Å². The van der Waals surface area contributed by atoms with Crippen LogP contribution in [0.4, 0.5) is 0 Å². The fourth-order valence-electron chi connectivity index (χ4n) is 5.23. The Bertz CT molecular complexity index is 540. The van der Waals surface area contributed by atoms with E-state index in [-0.39, 0.29) is 0 Å². The molecule has 3 fully saturated rings. The molecule has 1 saturated carbocycles. The molecule has 1 aromatic rings. The highest BCUT2D eigenvalue weighted by atomic mass is 16.5. The van der Waals surface area contributed by atoms with Gasteiger partial charge in [-0.05, 0) is 57.5 Å². The molecule has 5 heteroatoms. The van der Waals surface area contributed by atoms with Gasteiger partial charge in [0.2, 0.25) is 0 Å². The molecule has 1 aliphatic carbocycles. The molecule has 1 aromatic heterocycles. The molecule has 4 rings (SSSR count). The lowest BCUT2D eigenvalue weighted by molar-refractivity contribution is 0.0540. The first-order valence-corrected chi connectivity index (χ1v) is 10.8. The molecule has 0 spiro atoms. The highest BCUT2D eigenvalue weighted by Gasteiger charge is 2.29. The van der Waals surface area contributed by atoms with Crippen LogP contribution in [-0.4, -0.2) is 64.5 Å². The third-order valence-electron chi connectivity index (χ3n) is 6.66. The number of hydrogen-bond donors (Lipinski definition) is 0. The van der Waals surface area contributed by atoms with E-state index < -0.39 is 0 Å². The fourth-order valence-corrected chi connectivity index (χ4v) is 5.23. The summed E-state index contributed by atoms with van der Waals surface area (Å²) in [5.74, 6) is 0.839. The van der Waals surface area contributed by atoms with Crippen molar-refractivity contribution in [2.75, 3.05) is 32.8 Å². The Balaban J connectivity index is 1.30. The molecule has 0 radical (unpaired) electrons. The second kappa shape index (κ2) is 8.85. The maximum absolute atomic E-state index is 5.93. The number of likely N-dealkylation sites (tertiary alicyclic amines) is 1. The van der Waals surface area contributed by atoms with Gasteiger partial charge in [-0.15, -0.1) is 0 Å². The molecule has 0 unspecified atom stereocenters. The Morgan fingerprint density at radius 1 is 1.08 bits per heavy atom. The summed E-state index contributed by atoms with van der Waals surface area (Å²) < 4.78 is 7.85. The highest BCUT2D eigenvalue weighted by Crippen LogP contribution is 2.28. The average Bonchev–Trinajstić information content (AvgIpc) is 3.39. The largest absolute Gasteiger partial charge is 0.377 e. The van der Waals surface area contributed by atoms with Gasteiger partial charge in [0.15, 0.2) is 0 Å². The maximum Gasteiger partial charge on any atom is 0.0702 e. The van der Waals surface area contributed by atoms with Crippen molar-refractivity contribution in [1.82, 2.24) is 19.6 Å². The standard InChI is InChI=1S/C21H36N4O/c1-23-14-19(13-22-23)16-24(17-21-7-4-12-26-21)15-18-8-10-25(11-9-18)20-5-2-3-6-20/h13-14,18,20-21H,2-12,15-17H2,1H3/t21-/m1/s1. The Morgan fingerprint density at radius 3 is 2.54 bits per heavy atom. The zero-order chi connectivity index (χ0) is 17.8. The van der Waals surface area contributed by atoms with Crippen LogP contribution in [-0.2, 0) is 18.3 Å². The Hall–Kier alpha value is -0.910. The van der Waals surface area contributed by atoms with Crippen LogP contribution in [0.2, 0.25) is 0 Å². The minimum absolute atomic E-state index is 0.435. The van der Waals surface area contributed by atoms with Crippen LogP contribution in [0.3, 0.4) is 0 Å². The minimum atomic E-state index is 0.435. The molecule has 3 heterocycles. The quantitative estimate of drug-likeness (QED) is 0.748. The van der Waals surface area contributed by atoms with Crippen molar-refractivity contribution in [3.63, 3.8) is 0 Å². The molecule has 146 valence electrons. The third kappa shape index (κ3) is 4.87. The summed E-state index contributed by atoms with van der Waals surface area (Å²) in [5, 5.41) is 4.35. The van der Waals surface area contributed by atoms with E-state index in [2.05, 4.69) is 21.1 Å². The highest BCUT2D eigenvalue weighted by molar-refractivity contribution is 5.03. The predicted octanol–water partition coefficient (Wildman–Crippen LogP) is 3.06. The lowest BCUT2D eigenvalue weighted by atomic mass is 9.94. The SMILES string of the molecule is Cn1cc(CN(CC2CCN(C3CCCC3)CC2)C[C@H]2CCCO2)cn1. The van der Waals surface area contributed by atoms with Crippen LogP contribution in [0.1, 0.15) is 56.9 Å². The van der Waals surface area contributed by atoms with Gasteiger partial charge in [-0.3, -0.25) is 9.58 Å². The molecule has 0 aromatic carbocycles. The minimum Gasteiger partial charge on any atom is -0.377 e. The third-order valence-corrected chi connectivity index (χ3v) is 6.66. The van der Waals surface area contributed by atoms with Crippen molar-refractivity contribution >= 4 is 0 Å². The number of ether oxygens (including phenoxy) is 1. The van der Waals surface area contributed by atoms with Crippen molar-refractivity contribution in [3.8, 4) is 0 Å². The second-order valence-electron chi connectivity index (χ2n) is 8.77. The van der Waals surface area contributed by atoms with E-state index in [4.69, 9.17) is 4.74 Å². The van der Waals surface area contributed by atoms with Crippen molar-refractivity contribution in [2.45, 2.75) is 70.1 Å². The number of aromatic nitrogens is 2. The summed E-state index contributed by atoms with van der Waals surface area (Å²) in [6, 6.07) is 0.898. The molecule has 2 saturated heterocycles. The summed E-state index contributed by atoms with van der Waals surface area (Å²) >= 11 is 0. The zero-order valence-electron chi connectivity index (χ0n) is 16.5. The first-order valence-electron chi connectivity index (χ1n) is 10.8. The molecule has 5 nitrogen and oxygen atoms in total. The Kier molecular flexibility index (Phi) is 6.28. The van der Waals surface area contributed by atoms with Crippen LogP contribution in [0.15, 0.2) is 12.4 Å². The molecule has 0 bridgehead atoms. The molecule has 1 atom stereocenters. The van der Waals surface area contributed by atoms with E-state index in [1.54, 1.807) is 0 Å². The second-order valence-corrected chi connectivity index (χ2v) is 8.77. The molecule has 0 amide bonds. The summed E-state index contributed by atoms with van der Waals surface area (Å²) in [6.45, 7) is 6.89. The van der Waals surface area contributed by atoms with E-state index in [1.165, 1.54) is 76.6 Å². The lowest BCUT2D eigenvalue weighted by Gasteiger charge is -2.38. The van der Waals surface area contributed by atoms with Crippen LogP contribution in [0.5, 0.6) is 0 Å². The normalized spacial score (nSPS) is 26.3. The van der Waals surface area contributed by atoms with Gasteiger partial charge in [0.05, 0.1) is 12.3 Å². The van der Waals surface area contributed by atoms with E-state index >= 15 is 0 Å². The average molecular weight is 361 g/mol. The lowest BCUT2D eigenvalue weighted by Crippen LogP contribution is -2.43. The summed E-state index contributed by atoms with van der Waals surface area (Å²) in [4.78, 5) is 5.43. The first kappa shape index (κ1) is 18.5. The molecule has 3 aliphatic rings. The van der Waals surface area contributed by atoms with Gasteiger partial charge in [0, 0.05) is 51.1 Å². The van der Waals surface area contributed by atoms with E-state index in [0.717, 1.165) is 31.7 Å². The topological polar surface area (TPSA) is 33.5 Å². The van der Waals surface area contributed by atoms with Gasteiger partial charge >= 0.3 is 0 Å². The van der Waals surface area contributed by atoms with Crippen molar-refractivity contribution < 1.29 is 4.74 Å². The summed E-state index contributed by atoms with van der Waals surface area (Å²) in [7, 11) is 2.01. The van der Waals surface area contributed by atoms with Gasteiger partial charge in [0.1, 0.15) is 0 Å². The Morgan fingerprint density at radius 2 is 1.88 bits per heavy atom. The van der Waals surface area contributed by atoms with Crippen LogP contribution < -0.4 is 0 Å². The van der Waals surface area contributed by atoms with Gasteiger partial charge in [-0.1, -0.05) is 12.8 Å². The van der Waals surface area contributed by atoms with Crippen molar-refractivity contribution in [2.24, 2.45) is 13.0 Å². The summed E-state index contributed by atoms with van der Waals surface area (Å²) in [6.07, 6.45) is 15.6. The maximum atomic E-state index is 5.93. The fraction of sp³-hybridized carbons (Fsp3) is 0.857. The van der Waals surface area contributed by atoms with E-state index in [0.29, 0.717) is 6.10 Å². The summed E-state index contributed by atoms with van der Waals surface area (Å²) in [5.41, 5.74) is 1.33. The van der Waals surface area contributed by atoms with Gasteiger partial charge in [-0.25, -0.2) is 0 Å². The van der Waals surface area contributed by atoms with Gasteiger partial charge < -0.3 is 9.64 Å². The molecular weight excluding hydrogens is 324 g/mol. The predicted molar refractivity (Wildman–Crippen MR) is 104 cm³/mol. The van der Waals surface area contributed by atoms with Crippen molar-refractivity contribution in [3.05, 3.63) is 18.0 Å². The van der Waals surface area contributed by atoms with Gasteiger partial charge in [0.25, 0.3) is 0 Å². The number of rotatable bonds is 7. The monoisotopic (exact) mass is 360 g/mol. The van der Waals surface area contributed by atoms with Crippen molar-refractivity contribution in [1.29, 1.82) is 0 Å². The molecule has 0 N–H and O–H groups in total. The van der Waals surface area contributed by atoms with E-state index in [1.807, 2.05) is 17.9 Å². The van der Waals surface area contributed by atoms with Crippen LogP contribution in [0, 0.1) is 5.92 Å². The molecular formula is C21H36N4O. The number of piperidine rings is 1. The zero-order valence-corrected chi connectivity index (χ0v) is 16.5.